The quantitative estimate of drug-likeness (QED) is 0.279. The summed E-state index contributed by atoms with van der Waals surface area (Å²) in [4.78, 5) is 12.2. The molecule has 1 saturated heterocycles. The Bertz CT molecular complexity index is 1080. The maximum Gasteiger partial charge on any atom is 0.573 e. The standard InChI is InChI=1S/C22H24F3NO8S/c23-22(24,25)34-18-3-1-16(2-4-18)15-32-13-14-33-17-5-7-19(8-6-17)35(29,30)21(20(27)26-28)9-11-31-12-10-21/h1-8,28H,9-15H2,(H,26,27). The first-order valence-corrected chi connectivity index (χ1v) is 12.0. The summed E-state index contributed by atoms with van der Waals surface area (Å²) in [5, 5.41) is 9.09. The van der Waals surface area contributed by atoms with Gasteiger partial charge in [0.05, 0.1) is 18.1 Å². The van der Waals surface area contributed by atoms with Crippen LogP contribution in [0, 0.1) is 0 Å². The van der Waals surface area contributed by atoms with Crippen LogP contribution in [-0.4, -0.2) is 57.1 Å². The molecule has 0 bridgehead atoms. The van der Waals surface area contributed by atoms with Crippen LogP contribution in [0.5, 0.6) is 11.5 Å². The van der Waals surface area contributed by atoms with Crippen LogP contribution in [0.2, 0.25) is 0 Å². The highest BCUT2D eigenvalue weighted by molar-refractivity contribution is 7.93. The maximum absolute atomic E-state index is 13.2. The first-order valence-electron chi connectivity index (χ1n) is 10.5. The van der Waals surface area contributed by atoms with Crippen molar-refractivity contribution in [2.24, 2.45) is 0 Å². The molecule has 0 aromatic heterocycles. The molecule has 1 heterocycles. The van der Waals surface area contributed by atoms with Crippen LogP contribution in [-0.2, 0) is 30.7 Å². The van der Waals surface area contributed by atoms with Crippen LogP contribution in [0.4, 0.5) is 13.2 Å². The molecule has 0 radical (unpaired) electrons. The van der Waals surface area contributed by atoms with E-state index >= 15 is 0 Å². The average Bonchev–Trinajstić information content (AvgIpc) is 2.84. The van der Waals surface area contributed by atoms with Crippen molar-refractivity contribution in [2.75, 3.05) is 26.4 Å². The predicted octanol–water partition coefficient (Wildman–Crippen LogP) is 3.01. The number of halogens is 3. The minimum Gasteiger partial charge on any atom is -0.491 e. The summed E-state index contributed by atoms with van der Waals surface area (Å²) in [6.07, 6.45) is -4.93. The van der Waals surface area contributed by atoms with Crippen molar-refractivity contribution in [2.45, 2.75) is 35.5 Å². The van der Waals surface area contributed by atoms with Crippen molar-refractivity contribution in [1.82, 2.24) is 5.48 Å². The molecule has 35 heavy (non-hydrogen) atoms. The maximum atomic E-state index is 13.2. The number of rotatable bonds is 10. The largest absolute Gasteiger partial charge is 0.573 e. The van der Waals surface area contributed by atoms with E-state index in [0.717, 1.165) is 0 Å². The van der Waals surface area contributed by atoms with Gasteiger partial charge in [-0.2, -0.15) is 0 Å². The van der Waals surface area contributed by atoms with Crippen molar-refractivity contribution in [3.8, 4) is 11.5 Å². The first-order chi connectivity index (χ1) is 16.6. The molecular weight excluding hydrogens is 495 g/mol. The van der Waals surface area contributed by atoms with Gasteiger partial charge in [0, 0.05) is 13.2 Å². The van der Waals surface area contributed by atoms with Gasteiger partial charge in [-0.3, -0.25) is 10.0 Å². The number of sulfone groups is 1. The Morgan fingerprint density at radius 1 is 1.00 bits per heavy atom. The van der Waals surface area contributed by atoms with Gasteiger partial charge in [-0.15, -0.1) is 13.2 Å². The van der Waals surface area contributed by atoms with E-state index in [1.165, 1.54) is 54.0 Å². The van der Waals surface area contributed by atoms with E-state index in [1.54, 1.807) is 0 Å². The van der Waals surface area contributed by atoms with E-state index in [1.807, 2.05) is 0 Å². The topological polar surface area (TPSA) is 120 Å². The molecule has 0 saturated carbocycles. The van der Waals surface area contributed by atoms with E-state index in [-0.39, 0.29) is 56.5 Å². The Kier molecular flexibility index (Phi) is 8.59. The van der Waals surface area contributed by atoms with E-state index in [0.29, 0.717) is 11.3 Å². The van der Waals surface area contributed by atoms with E-state index in [2.05, 4.69) is 4.74 Å². The number of hydroxylamine groups is 1. The van der Waals surface area contributed by atoms with Gasteiger partial charge in [-0.05, 0) is 54.8 Å². The van der Waals surface area contributed by atoms with Gasteiger partial charge in [0.25, 0.3) is 5.91 Å². The lowest BCUT2D eigenvalue weighted by atomic mass is 9.98. The van der Waals surface area contributed by atoms with Crippen molar-refractivity contribution in [3.63, 3.8) is 0 Å². The molecule has 0 unspecified atom stereocenters. The van der Waals surface area contributed by atoms with Crippen LogP contribution in [0.25, 0.3) is 0 Å². The molecule has 1 fully saturated rings. The van der Waals surface area contributed by atoms with Crippen LogP contribution in [0.3, 0.4) is 0 Å². The molecule has 2 aromatic carbocycles. The van der Waals surface area contributed by atoms with Crippen molar-refractivity contribution in [1.29, 1.82) is 0 Å². The number of carbonyl (C=O) groups is 1. The Morgan fingerprint density at radius 2 is 1.60 bits per heavy atom. The smallest absolute Gasteiger partial charge is 0.491 e. The fourth-order valence-electron chi connectivity index (χ4n) is 3.56. The molecule has 2 aromatic rings. The van der Waals surface area contributed by atoms with Crippen LogP contribution in [0.1, 0.15) is 18.4 Å². The van der Waals surface area contributed by atoms with Gasteiger partial charge in [0.15, 0.2) is 14.6 Å². The fraction of sp³-hybridized carbons (Fsp3) is 0.409. The van der Waals surface area contributed by atoms with Crippen molar-refractivity contribution >= 4 is 15.7 Å². The molecule has 1 aliphatic heterocycles. The summed E-state index contributed by atoms with van der Waals surface area (Å²) in [6, 6.07) is 10.8. The second-order valence-electron chi connectivity index (χ2n) is 7.62. The summed E-state index contributed by atoms with van der Waals surface area (Å²) >= 11 is 0. The molecule has 1 amide bonds. The Hall–Kier alpha value is -2.87. The van der Waals surface area contributed by atoms with Gasteiger partial charge >= 0.3 is 6.36 Å². The summed E-state index contributed by atoms with van der Waals surface area (Å²) in [5.41, 5.74) is 2.10. The molecule has 0 aliphatic carbocycles. The lowest BCUT2D eigenvalue weighted by Gasteiger charge is -2.34. The highest BCUT2D eigenvalue weighted by atomic mass is 32.2. The average molecular weight is 519 g/mol. The van der Waals surface area contributed by atoms with Gasteiger partial charge < -0.3 is 18.9 Å². The summed E-state index contributed by atoms with van der Waals surface area (Å²) in [5.74, 6) is -0.954. The lowest BCUT2D eigenvalue weighted by molar-refractivity contribution is -0.274. The highest BCUT2D eigenvalue weighted by Crippen LogP contribution is 2.35. The van der Waals surface area contributed by atoms with Gasteiger partial charge in [-0.1, -0.05) is 12.1 Å². The normalized spacial score (nSPS) is 15.9. The van der Waals surface area contributed by atoms with Crippen LogP contribution in [0.15, 0.2) is 53.4 Å². The Morgan fingerprint density at radius 3 is 2.17 bits per heavy atom. The molecule has 192 valence electrons. The zero-order valence-corrected chi connectivity index (χ0v) is 19.2. The zero-order valence-electron chi connectivity index (χ0n) is 18.4. The zero-order chi connectivity index (χ0) is 25.5. The Labute approximate surface area is 199 Å². The molecular formula is C22H24F3NO8S. The number of ether oxygens (including phenoxy) is 4. The third-order valence-corrected chi connectivity index (χ3v) is 7.90. The highest BCUT2D eigenvalue weighted by Gasteiger charge is 2.52. The molecule has 1 aliphatic rings. The SMILES string of the molecule is O=C(NO)C1(S(=O)(=O)c2ccc(OCCOCc3ccc(OC(F)(F)F)cc3)cc2)CCOCC1. The number of nitrogens with one attached hydrogen (secondary N) is 1. The fourth-order valence-corrected chi connectivity index (χ4v) is 5.50. The Balaban J connectivity index is 1.50. The first kappa shape index (κ1) is 26.7. The number of benzene rings is 2. The molecule has 0 spiro atoms. The monoisotopic (exact) mass is 519 g/mol. The number of alkyl halides is 3. The van der Waals surface area contributed by atoms with Crippen LogP contribution >= 0.6 is 0 Å². The van der Waals surface area contributed by atoms with Crippen molar-refractivity contribution < 1.29 is 50.5 Å². The minimum absolute atomic E-state index is 0.0688. The predicted molar refractivity (Wildman–Crippen MR) is 115 cm³/mol. The molecule has 0 atom stereocenters. The third kappa shape index (κ3) is 6.63. The van der Waals surface area contributed by atoms with E-state index in [4.69, 9.17) is 19.4 Å². The van der Waals surface area contributed by atoms with Gasteiger partial charge in [0.1, 0.15) is 18.1 Å². The summed E-state index contributed by atoms with van der Waals surface area (Å²) in [7, 11) is -4.13. The van der Waals surface area contributed by atoms with Gasteiger partial charge in [0.2, 0.25) is 0 Å². The number of carbonyl (C=O) groups excluding carboxylic acids is 1. The second kappa shape index (κ2) is 11.2. The summed E-state index contributed by atoms with van der Waals surface area (Å²) < 4.78 is 81.0. The lowest BCUT2D eigenvalue weighted by Crippen LogP contribution is -2.54. The number of amides is 1. The van der Waals surface area contributed by atoms with Crippen molar-refractivity contribution in [3.05, 3.63) is 54.1 Å². The minimum atomic E-state index is -4.75. The van der Waals surface area contributed by atoms with E-state index in [9.17, 15) is 26.4 Å². The van der Waals surface area contributed by atoms with Crippen LogP contribution < -0.4 is 15.0 Å². The molecule has 3 rings (SSSR count). The van der Waals surface area contributed by atoms with Gasteiger partial charge in [-0.25, -0.2) is 13.9 Å². The number of hydrogen-bond donors (Lipinski definition) is 2. The third-order valence-electron chi connectivity index (χ3n) is 5.39. The second-order valence-corrected chi connectivity index (χ2v) is 9.87. The molecule has 13 heteroatoms. The van der Waals surface area contributed by atoms with E-state index < -0.39 is 26.9 Å². The number of hydrogen-bond acceptors (Lipinski definition) is 8. The molecule has 9 nitrogen and oxygen atoms in total. The summed E-state index contributed by atoms with van der Waals surface area (Å²) in [6.45, 7) is 0.584. The molecule has 2 N–H and O–H groups in total.